The molecule has 92 valence electrons. The van der Waals surface area contributed by atoms with Crippen molar-refractivity contribution in [1.29, 1.82) is 0 Å². The van der Waals surface area contributed by atoms with Gasteiger partial charge in [-0.25, -0.2) is 0 Å². The lowest BCUT2D eigenvalue weighted by Gasteiger charge is -2.07. The van der Waals surface area contributed by atoms with E-state index in [1.807, 2.05) is 11.3 Å². The molecule has 0 aliphatic carbocycles. The molecule has 3 heteroatoms. The van der Waals surface area contributed by atoms with E-state index in [1.54, 1.807) is 0 Å². The number of hydrogen-bond donors (Lipinski definition) is 2. The predicted octanol–water partition coefficient (Wildman–Crippen LogP) is 2.81. The minimum atomic E-state index is 0.310. The molecule has 0 aromatic carbocycles. The van der Waals surface area contributed by atoms with Gasteiger partial charge in [0.25, 0.3) is 0 Å². The first-order valence-electron chi connectivity index (χ1n) is 6.15. The molecule has 2 nitrogen and oxygen atoms in total. The number of aryl methyl sites for hydroxylation is 1. The van der Waals surface area contributed by atoms with Gasteiger partial charge in [-0.2, -0.15) is 0 Å². The van der Waals surface area contributed by atoms with Gasteiger partial charge < -0.3 is 10.4 Å². The molecule has 0 radical (unpaired) electrons. The van der Waals surface area contributed by atoms with Crippen LogP contribution in [0.2, 0.25) is 0 Å². The summed E-state index contributed by atoms with van der Waals surface area (Å²) in [4.78, 5) is 2.89. The van der Waals surface area contributed by atoms with Crippen molar-refractivity contribution in [3.8, 4) is 0 Å². The van der Waals surface area contributed by atoms with Crippen LogP contribution in [0.25, 0.3) is 0 Å². The molecule has 1 unspecified atom stereocenters. The molecule has 0 bridgehead atoms. The maximum absolute atomic E-state index is 8.88. The van der Waals surface area contributed by atoms with E-state index in [4.69, 9.17) is 5.11 Å². The zero-order chi connectivity index (χ0) is 11.8. The van der Waals surface area contributed by atoms with Crippen molar-refractivity contribution in [2.45, 2.75) is 39.7 Å². The third-order valence-corrected chi connectivity index (χ3v) is 3.96. The van der Waals surface area contributed by atoms with Gasteiger partial charge >= 0.3 is 0 Å². The van der Waals surface area contributed by atoms with Gasteiger partial charge in [-0.3, -0.25) is 0 Å². The van der Waals surface area contributed by atoms with Crippen LogP contribution >= 0.6 is 11.3 Å². The van der Waals surface area contributed by atoms with Crippen LogP contribution in [0.15, 0.2) is 12.1 Å². The Morgan fingerprint density at radius 3 is 2.75 bits per heavy atom. The summed E-state index contributed by atoms with van der Waals surface area (Å²) in [6.07, 6.45) is 3.39. The highest BCUT2D eigenvalue weighted by Crippen LogP contribution is 2.16. The van der Waals surface area contributed by atoms with Crippen molar-refractivity contribution < 1.29 is 5.11 Å². The summed E-state index contributed by atoms with van der Waals surface area (Å²) in [5, 5.41) is 12.3. The highest BCUT2D eigenvalue weighted by molar-refractivity contribution is 7.11. The molecule has 1 atom stereocenters. The van der Waals surface area contributed by atoms with Gasteiger partial charge in [0.15, 0.2) is 0 Å². The van der Waals surface area contributed by atoms with Crippen LogP contribution in [0.3, 0.4) is 0 Å². The highest BCUT2D eigenvalue weighted by atomic mass is 32.1. The molecule has 0 fully saturated rings. The summed E-state index contributed by atoms with van der Waals surface area (Å²) in [6, 6.07) is 4.43. The molecule has 0 saturated heterocycles. The molecule has 0 aliphatic rings. The Morgan fingerprint density at radius 1 is 1.38 bits per heavy atom. The fourth-order valence-electron chi connectivity index (χ4n) is 1.59. The van der Waals surface area contributed by atoms with E-state index in [0.717, 1.165) is 32.4 Å². The minimum Gasteiger partial charge on any atom is -0.396 e. The normalized spacial score (nSPS) is 12.9. The minimum absolute atomic E-state index is 0.310. The Morgan fingerprint density at radius 2 is 2.12 bits per heavy atom. The summed E-state index contributed by atoms with van der Waals surface area (Å²) in [7, 11) is 0. The lowest BCUT2D eigenvalue weighted by atomic mass is 10.1. The second-order valence-corrected chi connectivity index (χ2v) is 5.58. The number of thiophene rings is 1. The molecule has 1 aromatic heterocycles. The van der Waals surface area contributed by atoms with Gasteiger partial charge in [-0.1, -0.05) is 13.8 Å². The first-order chi connectivity index (χ1) is 7.76. The van der Waals surface area contributed by atoms with Crippen molar-refractivity contribution in [3.63, 3.8) is 0 Å². The third-order valence-electron chi connectivity index (χ3n) is 2.73. The second-order valence-electron chi connectivity index (χ2n) is 4.33. The first kappa shape index (κ1) is 13.7. The van der Waals surface area contributed by atoms with Gasteiger partial charge in [0, 0.05) is 22.9 Å². The number of hydrogen-bond acceptors (Lipinski definition) is 3. The second kappa shape index (κ2) is 7.82. The average molecular weight is 241 g/mol. The zero-order valence-corrected chi connectivity index (χ0v) is 11.1. The number of rotatable bonds is 8. The molecule has 0 spiro atoms. The van der Waals surface area contributed by atoms with Crippen LogP contribution < -0.4 is 5.32 Å². The monoisotopic (exact) mass is 241 g/mol. The van der Waals surface area contributed by atoms with Gasteiger partial charge in [0.2, 0.25) is 0 Å². The van der Waals surface area contributed by atoms with Crippen LogP contribution in [0, 0.1) is 5.92 Å². The molecular weight excluding hydrogens is 218 g/mol. The maximum Gasteiger partial charge on any atom is 0.0456 e. The van der Waals surface area contributed by atoms with E-state index in [1.165, 1.54) is 9.75 Å². The Balaban J connectivity index is 2.07. The largest absolute Gasteiger partial charge is 0.396 e. The smallest absolute Gasteiger partial charge is 0.0456 e. The maximum atomic E-state index is 8.88. The molecule has 1 heterocycles. The first-order valence-corrected chi connectivity index (χ1v) is 6.97. The van der Waals surface area contributed by atoms with E-state index < -0.39 is 0 Å². The average Bonchev–Trinajstić information content (AvgIpc) is 2.76. The lowest BCUT2D eigenvalue weighted by molar-refractivity contribution is 0.228. The number of aliphatic hydroxyl groups is 1. The van der Waals surface area contributed by atoms with E-state index in [9.17, 15) is 0 Å². The molecule has 0 saturated carbocycles. The van der Waals surface area contributed by atoms with Gasteiger partial charge in [0.05, 0.1) is 0 Å². The molecule has 1 aromatic rings. The van der Waals surface area contributed by atoms with E-state index in [2.05, 4.69) is 31.3 Å². The van der Waals surface area contributed by atoms with E-state index in [0.29, 0.717) is 12.5 Å². The van der Waals surface area contributed by atoms with Crippen molar-refractivity contribution in [2.75, 3.05) is 13.2 Å². The molecule has 0 aliphatic heterocycles. The summed E-state index contributed by atoms with van der Waals surface area (Å²) in [5.74, 6) is 0.440. The van der Waals surface area contributed by atoms with Crippen LogP contribution in [0.5, 0.6) is 0 Å². The van der Waals surface area contributed by atoms with Crippen molar-refractivity contribution in [3.05, 3.63) is 21.9 Å². The topological polar surface area (TPSA) is 32.3 Å². The van der Waals surface area contributed by atoms with Crippen LogP contribution in [0.1, 0.15) is 36.4 Å². The SMILES string of the molecule is CCc1ccc(CNCCCC(C)CO)s1. The molecule has 0 amide bonds. The van der Waals surface area contributed by atoms with Crippen molar-refractivity contribution in [2.24, 2.45) is 5.92 Å². The standard InChI is InChI=1S/C13H23NOS/c1-3-12-6-7-13(16-12)9-14-8-4-5-11(2)10-15/h6-7,11,14-15H,3-5,8-10H2,1-2H3. The summed E-state index contributed by atoms with van der Waals surface area (Å²) in [6.45, 7) is 6.62. The summed E-state index contributed by atoms with van der Waals surface area (Å²) in [5.41, 5.74) is 0. The Kier molecular flexibility index (Phi) is 6.69. The molecular formula is C13H23NOS. The van der Waals surface area contributed by atoms with Crippen molar-refractivity contribution in [1.82, 2.24) is 5.32 Å². The van der Waals surface area contributed by atoms with Crippen LogP contribution in [-0.2, 0) is 13.0 Å². The molecule has 16 heavy (non-hydrogen) atoms. The lowest BCUT2D eigenvalue weighted by Crippen LogP contribution is -2.15. The highest BCUT2D eigenvalue weighted by Gasteiger charge is 2.00. The quantitative estimate of drug-likeness (QED) is 0.686. The summed E-state index contributed by atoms with van der Waals surface area (Å²) >= 11 is 1.90. The number of nitrogens with one attached hydrogen (secondary N) is 1. The Bertz CT molecular complexity index is 285. The number of aliphatic hydroxyl groups excluding tert-OH is 1. The third kappa shape index (κ3) is 5.10. The van der Waals surface area contributed by atoms with Crippen LogP contribution in [0.4, 0.5) is 0 Å². The predicted molar refractivity (Wildman–Crippen MR) is 70.9 cm³/mol. The Hall–Kier alpha value is -0.380. The van der Waals surface area contributed by atoms with Crippen molar-refractivity contribution >= 4 is 11.3 Å². The zero-order valence-electron chi connectivity index (χ0n) is 10.3. The summed E-state index contributed by atoms with van der Waals surface area (Å²) < 4.78 is 0. The van der Waals surface area contributed by atoms with Gasteiger partial charge in [-0.15, -0.1) is 11.3 Å². The van der Waals surface area contributed by atoms with E-state index in [-0.39, 0.29) is 0 Å². The molecule has 1 rings (SSSR count). The Labute approximate surface area is 103 Å². The molecule has 2 N–H and O–H groups in total. The van der Waals surface area contributed by atoms with Gasteiger partial charge in [0.1, 0.15) is 0 Å². The van der Waals surface area contributed by atoms with Gasteiger partial charge in [-0.05, 0) is 43.9 Å². The fourth-order valence-corrected chi connectivity index (χ4v) is 2.51. The van der Waals surface area contributed by atoms with Crippen LogP contribution in [-0.4, -0.2) is 18.3 Å². The fraction of sp³-hybridized carbons (Fsp3) is 0.692. The van der Waals surface area contributed by atoms with E-state index >= 15 is 0 Å².